The Balaban J connectivity index is 1.83. The van der Waals surface area contributed by atoms with Crippen molar-refractivity contribution >= 4 is 41.0 Å². The summed E-state index contributed by atoms with van der Waals surface area (Å²) in [5.41, 5.74) is 0.705. The molecule has 0 unspecified atom stereocenters. The number of ether oxygens (including phenoxy) is 4. The first-order valence-electron chi connectivity index (χ1n) is 13.5. The highest BCUT2D eigenvalue weighted by atomic mass is 31.2. The van der Waals surface area contributed by atoms with Gasteiger partial charge in [0.1, 0.15) is 6.10 Å². The zero-order valence-electron chi connectivity index (χ0n) is 24.3. The highest BCUT2D eigenvalue weighted by molar-refractivity contribution is 7.45. The van der Waals surface area contributed by atoms with E-state index in [0.29, 0.717) is 5.56 Å². The van der Waals surface area contributed by atoms with Crippen molar-refractivity contribution < 1.29 is 60.7 Å². The van der Waals surface area contributed by atoms with Gasteiger partial charge in [-0.05, 0) is 47.2 Å². The highest BCUT2D eigenvalue weighted by Crippen LogP contribution is 2.57. The normalized spacial score (nSPS) is 24.3. The Kier molecular flexibility index (Phi) is 13.5. The molecule has 0 radical (unpaired) electrons. The minimum atomic E-state index is -2.24. The number of benzene rings is 1. The molecule has 0 aliphatic carbocycles. The smallest absolute Gasteiger partial charge is 0.339 e. The molecule has 2 saturated heterocycles. The number of rotatable bonds is 14. The van der Waals surface area contributed by atoms with Gasteiger partial charge < -0.3 is 32.5 Å². The van der Waals surface area contributed by atoms with Gasteiger partial charge in [0.25, 0.3) is 8.53 Å². The van der Waals surface area contributed by atoms with Crippen LogP contribution in [0, 0.1) is 0 Å². The van der Waals surface area contributed by atoms with E-state index in [1.165, 1.54) is 0 Å². The molecule has 6 atom stereocenters. The van der Waals surface area contributed by atoms with Crippen molar-refractivity contribution in [3.63, 3.8) is 0 Å². The first kappa shape index (κ1) is 34.2. The second-order valence-electron chi connectivity index (χ2n) is 8.82. The second kappa shape index (κ2) is 16.5. The number of nitrogens with zero attached hydrogens (tertiary/aromatic N) is 1. The van der Waals surface area contributed by atoms with Crippen LogP contribution in [0.3, 0.4) is 0 Å². The Bertz CT molecular complexity index is 1010. The van der Waals surface area contributed by atoms with Crippen molar-refractivity contribution in [1.82, 2.24) is 4.67 Å². The maximum atomic E-state index is 12.6. The molecular formula is C26H37NO13P2. The van der Waals surface area contributed by atoms with Crippen molar-refractivity contribution in [2.45, 2.75) is 71.2 Å². The molecule has 0 aromatic heterocycles. The number of hydrogen-bond acceptors (Lipinski definition) is 14. The molecule has 0 amide bonds. The first-order chi connectivity index (χ1) is 20.2. The van der Waals surface area contributed by atoms with Gasteiger partial charge in [-0.2, -0.15) is 0 Å². The summed E-state index contributed by atoms with van der Waals surface area (Å²) in [6.45, 7) is 8.67. The molecule has 1 aromatic rings. The molecule has 2 heterocycles. The zero-order valence-corrected chi connectivity index (χ0v) is 26.1. The van der Waals surface area contributed by atoms with Gasteiger partial charge in [-0.3, -0.25) is 9.05 Å². The third kappa shape index (κ3) is 8.42. The molecule has 0 N–H and O–H groups in total. The van der Waals surface area contributed by atoms with Crippen LogP contribution in [-0.2, 0) is 60.7 Å². The average Bonchev–Trinajstić information content (AvgIpc) is 3.62. The Hall–Kier alpha value is -2.28. The van der Waals surface area contributed by atoms with Crippen molar-refractivity contribution in [3.05, 3.63) is 35.9 Å². The topological polar surface area (TPSA) is 155 Å². The third-order valence-corrected chi connectivity index (χ3v) is 8.94. The second-order valence-corrected chi connectivity index (χ2v) is 11.4. The molecule has 0 saturated carbocycles. The number of carbonyl (C=O) groups excluding carboxylic acids is 4. The summed E-state index contributed by atoms with van der Waals surface area (Å²) >= 11 is 0. The quantitative estimate of drug-likeness (QED) is 0.167. The molecule has 3 rings (SSSR count). The molecular weight excluding hydrogens is 596 g/mol. The molecule has 2 fully saturated rings. The van der Waals surface area contributed by atoms with E-state index in [9.17, 15) is 19.2 Å². The summed E-state index contributed by atoms with van der Waals surface area (Å²) in [4.78, 5) is 50.3. The van der Waals surface area contributed by atoms with Crippen molar-refractivity contribution in [2.24, 2.45) is 0 Å². The molecule has 2 aliphatic heterocycles. The van der Waals surface area contributed by atoms with E-state index in [0.717, 1.165) is 0 Å². The van der Waals surface area contributed by atoms with Gasteiger partial charge in [0.15, 0.2) is 12.2 Å². The Morgan fingerprint density at radius 2 is 1.10 bits per heavy atom. The molecule has 1 aromatic carbocycles. The van der Waals surface area contributed by atoms with Crippen LogP contribution in [0.5, 0.6) is 0 Å². The van der Waals surface area contributed by atoms with E-state index in [-0.39, 0.29) is 26.4 Å². The maximum absolute atomic E-state index is 12.6. The summed E-state index contributed by atoms with van der Waals surface area (Å²) in [7, 11) is -2.53. The van der Waals surface area contributed by atoms with E-state index >= 15 is 0 Å². The largest absolute Gasteiger partial charge is 0.464 e. The number of hydrogen-bond donors (Lipinski definition) is 0. The van der Waals surface area contributed by atoms with Gasteiger partial charge in [0.05, 0.1) is 26.4 Å². The minimum Gasteiger partial charge on any atom is -0.464 e. The fraction of sp³-hybridized carbons (Fsp3) is 0.615. The fourth-order valence-corrected chi connectivity index (χ4v) is 6.86. The lowest BCUT2D eigenvalue weighted by molar-refractivity contribution is -0.163. The summed E-state index contributed by atoms with van der Waals surface area (Å²) in [6, 6.07) is 8.55. The van der Waals surface area contributed by atoms with Crippen LogP contribution in [0.25, 0.3) is 0 Å². The number of esters is 4. The molecule has 234 valence electrons. The lowest BCUT2D eigenvalue weighted by Gasteiger charge is -2.34. The summed E-state index contributed by atoms with van der Waals surface area (Å²) in [5, 5.41) is 0. The monoisotopic (exact) mass is 633 g/mol. The molecule has 0 bridgehead atoms. The fourth-order valence-electron chi connectivity index (χ4n) is 3.92. The van der Waals surface area contributed by atoms with E-state index in [2.05, 4.69) is 0 Å². The Morgan fingerprint density at radius 1 is 0.714 bits per heavy atom. The van der Waals surface area contributed by atoms with Crippen LogP contribution in [0.2, 0.25) is 0 Å². The predicted molar refractivity (Wildman–Crippen MR) is 147 cm³/mol. The molecule has 42 heavy (non-hydrogen) atoms. The van der Waals surface area contributed by atoms with Gasteiger partial charge in [-0.15, -0.1) is 0 Å². The predicted octanol–water partition coefficient (Wildman–Crippen LogP) is 3.34. The van der Waals surface area contributed by atoms with Crippen LogP contribution in [0.15, 0.2) is 30.3 Å². The lowest BCUT2D eigenvalue weighted by Crippen LogP contribution is -2.39. The molecule has 14 nitrogen and oxygen atoms in total. The van der Waals surface area contributed by atoms with Crippen molar-refractivity contribution in [3.8, 4) is 0 Å². The van der Waals surface area contributed by atoms with E-state index in [1.54, 1.807) is 46.3 Å². The van der Waals surface area contributed by atoms with Crippen molar-refractivity contribution in [2.75, 3.05) is 33.5 Å². The van der Waals surface area contributed by atoms with Crippen LogP contribution in [-0.4, -0.2) is 92.5 Å². The van der Waals surface area contributed by atoms with E-state index in [1.807, 2.05) is 30.3 Å². The average molecular weight is 634 g/mol. The number of likely N-dealkylation sites (N-methyl/N-ethyl adjacent to an activating group) is 1. The number of carbonyl (C=O) groups is 4. The van der Waals surface area contributed by atoms with E-state index in [4.69, 9.17) is 41.6 Å². The Labute approximate surface area is 247 Å². The molecule has 16 heteroatoms. The van der Waals surface area contributed by atoms with Gasteiger partial charge in [-0.1, -0.05) is 30.3 Å². The van der Waals surface area contributed by atoms with Crippen LogP contribution >= 0.6 is 17.1 Å². The summed E-state index contributed by atoms with van der Waals surface area (Å²) < 4.78 is 51.5. The van der Waals surface area contributed by atoms with Crippen LogP contribution in [0.4, 0.5) is 0 Å². The zero-order chi connectivity index (χ0) is 30.8. The first-order valence-corrected chi connectivity index (χ1v) is 15.8. The van der Waals surface area contributed by atoms with Gasteiger partial charge in [-0.25, -0.2) is 23.8 Å². The van der Waals surface area contributed by atoms with Crippen LogP contribution < -0.4 is 0 Å². The SMILES string of the molecule is CCOC(=O)[C@@H]1OP(O[C@@H](c2ccccc2)[C@@H](C)N(C)P2O[C@@H](C(=O)OCC)[C@H](C(=O)OCC)O2)O[C@H]1C(=O)OCC. The minimum absolute atomic E-state index is 0.0740. The highest BCUT2D eigenvalue weighted by Gasteiger charge is 2.52. The standard InChI is InChI=1S/C26H37NO13P2/c1-7-32-23(28)19-20(24(29)33-8-2)37-41(36-19)27(6)16(5)18(17-14-12-11-13-15-17)38-42-39-21(25(30)34-9-3)22(40-42)26(31)35-10-4/h11-16,18-22H,7-10H2,1-6H3/t16-,18-,19-,20-,21-,22-/m1/s1. The van der Waals surface area contributed by atoms with E-state index < -0.39 is 77.6 Å². The summed E-state index contributed by atoms with van der Waals surface area (Å²) in [5.74, 6) is -3.05. The van der Waals surface area contributed by atoms with Gasteiger partial charge in [0, 0.05) is 6.04 Å². The van der Waals surface area contributed by atoms with Gasteiger partial charge >= 0.3 is 32.5 Å². The third-order valence-electron chi connectivity index (χ3n) is 6.05. The molecule has 2 aliphatic rings. The summed E-state index contributed by atoms with van der Waals surface area (Å²) in [6.07, 6.45) is -6.16. The lowest BCUT2D eigenvalue weighted by atomic mass is 10.0. The van der Waals surface area contributed by atoms with Crippen molar-refractivity contribution in [1.29, 1.82) is 0 Å². The molecule has 0 spiro atoms. The van der Waals surface area contributed by atoms with Gasteiger partial charge in [0.2, 0.25) is 12.2 Å². The Morgan fingerprint density at radius 3 is 1.48 bits per heavy atom. The maximum Gasteiger partial charge on any atom is 0.339 e. The van der Waals surface area contributed by atoms with Crippen LogP contribution in [0.1, 0.15) is 46.3 Å².